The van der Waals surface area contributed by atoms with Gasteiger partial charge in [-0.05, 0) is 41.8 Å². The van der Waals surface area contributed by atoms with Gasteiger partial charge in [-0.3, -0.25) is 4.79 Å². The summed E-state index contributed by atoms with van der Waals surface area (Å²) in [6.45, 7) is 4.03. The summed E-state index contributed by atoms with van der Waals surface area (Å²) in [7, 11) is -3.75. The van der Waals surface area contributed by atoms with Gasteiger partial charge in [0.1, 0.15) is 28.1 Å². The first kappa shape index (κ1) is 26.8. The van der Waals surface area contributed by atoms with E-state index in [4.69, 9.17) is 10.5 Å². The number of aromatic nitrogens is 2. The van der Waals surface area contributed by atoms with E-state index in [1.165, 1.54) is 30.4 Å². The molecule has 1 amide bonds. The molecule has 1 aliphatic heterocycles. The highest BCUT2D eigenvalue weighted by atomic mass is 32.2. The molecule has 0 bridgehead atoms. The molecule has 0 saturated heterocycles. The third-order valence-corrected chi connectivity index (χ3v) is 9.29. The molecule has 1 aromatic heterocycles. The Bertz CT molecular complexity index is 1650. The highest BCUT2D eigenvalue weighted by molar-refractivity contribution is 7.91. The summed E-state index contributed by atoms with van der Waals surface area (Å²) in [6, 6.07) is 16.3. The van der Waals surface area contributed by atoms with Crippen molar-refractivity contribution >= 4 is 32.2 Å². The van der Waals surface area contributed by atoms with Crippen LogP contribution in [-0.2, 0) is 22.8 Å². The minimum atomic E-state index is -3.75. The smallest absolute Gasteiger partial charge is 0.254 e. The van der Waals surface area contributed by atoms with E-state index in [9.17, 15) is 13.2 Å². The maximum atomic E-state index is 15.3. The average molecular weight is 567 g/mol. The standard InChI is InChI=1S/C28H27FN4O4S2/c1-3-21-22(10-12-24(25(21)29)39(35,36)4-2)27(34)33-13-14-37-23-11-9-19(15-20(23)16-33)17-5-7-18(8-6-17)26-31-32-28(30)38-26/h5-12,15H,3-4,13-14,16H2,1-2H3,(H2,30,32). The Hall–Kier alpha value is -3.83. The maximum Gasteiger partial charge on any atom is 0.254 e. The van der Waals surface area contributed by atoms with Crippen molar-refractivity contribution in [2.45, 2.75) is 31.7 Å². The molecule has 0 fully saturated rings. The van der Waals surface area contributed by atoms with Crippen LogP contribution in [0.5, 0.6) is 5.75 Å². The monoisotopic (exact) mass is 566 g/mol. The second-order valence-corrected chi connectivity index (χ2v) is 12.3. The lowest BCUT2D eigenvalue weighted by Gasteiger charge is -2.22. The van der Waals surface area contributed by atoms with Crippen molar-refractivity contribution in [1.29, 1.82) is 0 Å². The topological polar surface area (TPSA) is 115 Å². The van der Waals surface area contributed by atoms with Crippen LogP contribution in [0.3, 0.4) is 0 Å². The van der Waals surface area contributed by atoms with Crippen LogP contribution in [0.2, 0.25) is 0 Å². The number of halogens is 1. The number of hydrogen-bond donors (Lipinski definition) is 1. The summed E-state index contributed by atoms with van der Waals surface area (Å²) in [5.41, 5.74) is 9.63. The fraction of sp³-hybridized carbons (Fsp3) is 0.250. The lowest BCUT2D eigenvalue weighted by atomic mass is 10.0. The predicted molar refractivity (Wildman–Crippen MR) is 149 cm³/mol. The number of nitrogen functional groups attached to an aromatic ring is 1. The van der Waals surface area contributed by atoms with Gasteiger partial charge in [-0.1, -0.05) is 55.5 Å². The third-order valence-electron chi connectivity index (χ3n) is 6.74. The molecule has 1 aliphatic rings. The lowest BCUT2D eigenvalue weighted by molar-refractivity contribution is 0.0731. The van der Waals surface area contributed by atoms with Crippen LogP contribution < -0.4 is 10.5 Å². The first-order valence-electron chi connectivity index (χ1n) is 12.5. The average Bonchev–Trinajstić information content (AvgIpc) is 3.26. The number of hydrogen-bond acceptors (Lipinski definition) is 8. The van der Waals surface area contributed by atoms with E-state index in [2.05, 4.69) is 10.2 Å². The van der Waals surface area contributed by atoms with E-state index >= 15 is 4.39 Å². The van der Waals surface area contributed by atoms with Gasteiger partial charge in [0.2, 0.25) is 5.13 Å². The number of carbonyl (C=O) groups is 1. The van der Waals surface area contributed by atoms with Gasteiger partial charge in [0.25, 0.3) is 5.91 Å². The van der Waals surface area contributed by atoms with Gasteiger partial charge in [-0.25, -0.2) is 12.8 Å². The van der Waals surface area contributed by atoms with Crippen LogP contribution in [0.4, 0.5) is 9.52 Å². The molecule has 2 N–H and O–H groups in total. The minimum absolute atomic E-state index is 0.103. The van der Waals surface area contributed by atoms with Gasteiger partial charge in [0.15, 0.2) is 9.84 Å². The Morgan fingerprint density at radius 2 is 1.77 bits per heavy atom. The Balaban J connectivity index is 1.43. The Labute approximate surface area is 230 Å². The van der Waals surface area contributed by atoms with Crippen LogP contribution in [-0.4, -0.2) is 48.3 Å². The maximum absolute atomic E-state index is 15.3. The molecule has 2 heterocycles. The number of anilines is 1. The number of fused-ring (bicyclic) bond motifs is 1. The van der Waals surface area contributed by atoms with Gasteiger partial charge < -0.3 is 15.4 Å². The summed E-state index contributed by atoms with van der Waals surface area (Å²) in [6.07, 6.45) is 0.185. The molecule has 39 heavy (non-hydrogen) atoms. The van der Waals surface area contributed by atoms with Gasteiger partial charge in [0.05, 0.1) is 12.3 Å². The summed E-state index contributed by atoms with van der Waals surface area (Å²) in [5.74, 6) is -0.753. The number of sulfone groups is 1. The van der Waals surface area contributed by atoms with E-state index in [0.29, 0.717) is 17.4 Å². The summed E-state index contributed by atoms with van der Waals surface area (Å²) >= 11 is 1.32. The molecule has 0 spiro atoms. The summed E-state index contributed by atoms with van der Waals surface area (Å²) in [4.78, 5) is 14.8. The molecule has 0 radical (unpaired) electrons. The molecule has 0 atom stereocenters. The highest BCUT2D eigenvalue weighted by Crippen LogP contribution is 2.32. The normalized spacial score (nSPS) is 13.5. The van der Waals surface area contributed by atoms with E-state index in [0.717, 1.165) is 27.3 Å². The SMILES string of the molecule is CCc1c(C(=O)N2CCOc3ccc(-c4ccc(-c5nnc(N)s5)cc4)cc3C2)ccc(S(=O)(=O)CC)c1F. The zero-order chi connectivity index (χ0) is 27.7. The Morgan fingerprint density at radius 3 is 2.44 bits per heavy atom. The molecule has 0 saturated carbocycles. The number of nitrogens with two attached hydrogens (primary N) is 1. The molecule has 0 aliphatic carbocycles. The Morgan fingerprint density at radius 1 is 1.05 bits per heavy atom. The van der Waals surface area contributed by atoms with E-state index in [1.54, 1.807) is 11.8 Å². The molecule has 4 aromatic rings. The van der Waals surface area contributed by atoms with Crippen molar-refractivity contribution in [3.8, 4) is 27.4 Å². The molecule has 5 rings (SSSR count). The number of ether oxygens (including phenoxy) is 1. The van der Waals surface area contributed by atoms with Crippen LogP contribution in [0, 0.1) is 5.82 Å². The molecular weight excluding hydrogens is 539 g/mol. The van der Waals surface area contributed by atoms with Gasteiger partial charge in [-0.2, -0.15) is 0 Å². The predicted octanol–water partition coefficient (Wildman–Crippen LogP) is 4.98. The number of carbonyl (C=O) groups excluding carboxylic acids is 1. The number of benzene rings is 3. The fourth-order valence-electron chi connectivity index (χ4n) is 4.62. The van der Waals surface area contributed by atoms with Crippen molar-refractivity contribution in [1.82, 2.24) is 15.1 Å². The minimum Gasteiger partial charge on any atom is -0.491 e. The number of amides is 1. The van der Waals surface area contributed by atoms with E-state index < -0.39 is 15.7 Å². The van der Waals surface area contributed by atoms with Crippen molar-refractivity contribution in [3.05, 3.63) is 77.1 Å². The largest absolute Gasteiger partial charge is 0.491 e. The zero-order valence-corrected chi connectivity index (χ0v) is 23.1. The first-order valence-corrected chi connectivity index (χ1v) is 15.0. The van der Waals surface area contributed by atoms with Crippen LogP contribution >= 0.6 is 11.3 Å². The van der Waals surface area contributed by atoms with Gasteiger partial charge >= 0.3 is 0 Å². The quantitative estimate of drug-likeness (QED) is 0.350. The third kappa shape index (κ3) is 5.24. The second-order valence-electron chi connectivity index (χ2n) is 9.08. The first-order chi connectivity index (χ1) is 18.7. The highest BCUT2D eigenvalue weighted by Gasteiger charge is 2.27. The summed E-state index contributed by atoms with van der Waals surface area (Å²) < 4.78 is 45.8. The van der Waals surface area contributed by atoms with Crippen molar-refractivity contribution in [2.75, 3.05) is 24.6 Å². The summed E-state index contributed by atoms with van der Waals surface area (Å²) in [5, 5.41) is 9.10. The zero-order valence-electron chi connectivity index (χ0n) is 21.5. The molecule has 11 heteroatoms. The lowest BCUT2D eigenvalue weighted by Crippen LogP contribution is -2.33. The van der Waals surface area contributed by atoms with Crippen LogP contribution in [0.15, 0.2) is 59.5 Å². The van der Waals surface area contributed by atoms with Crippen LogP contribution in [0.25, 0.3) is 21.7 Å². The molecule has 202 valence electrons. The van der Waals surface area contributed by atoms with Crippen molar-refractivity contribution < 1.29 is 22.3 Å². The van der Waals surface area contributed by atoms with E-state index in [-0.39, 0.29) is 47.3 Å². The molecule has 0 unspecified atom stereocenters. The van der Waals surface area contributed by atoms with Crippen molar-refractivity contribution in [3.63, 3.8) is 0 Å². The second kappa shape index (κ2) is 10.7. The van der Waals surface area contributed by atoms with Gasteiger partial charge in [-0.15, -0.1) is 10.2 Å². The molecule has 8 nitrogen and oxygen atoms in total. The molecular formula is C28H27FN4O4S2. The van der Waals surface area contributed by atoms with Crippen molar-refractivity contribution in [2.24, 2.45) is 0 Å². The van der Waals surface area contributed by atoms with Crippen LogP contribution in [0.1, 0.15) is 35.3 Å². The molecule has 3 aromatic carbocycles. The number of rotatable bonds is 6. The Kier molecular flexibility index (Phi) is 7.37. The van der Waals surface area contributed by atoms with E-state index in [1.807, 2.05) is 42.5 Å². The van der Waals surface area contributed by atoms with Gasteiger partial charge in [0, 0.05) is 28.8 Å². The number of nitrogens with zero attached hydrogens (tertiary/aromatic N) is 3. The fourth-order valence-corrected chi connectivity index (χ4v) is 6.21.